The fourth-order valence-corrected chi connectivity index (χ4v) is 2.88. The van der Waals surface area contributed by atoms with Crippen LogP contribution in [-0.4, -0.2) is 48.4 Å². The molecule has 0 radical (unpaired) electrons. The first-order valence-electron chi connectivity index (χ1n) is 8.94. The van der Waals surface area contributed by atoms with E-state index in [0.717, 1.165) is 12.8 Å². The van der Waals surface area contributed by atoms with Crippen molar-refractivity contribution in [3.63, 3.8) is 0 Å². The van der Waals surface area contributed by atoms with Gasteiger partial charge in [0.15, 0.2) is 0 Å². The number of hydrogen-bond donors (Lipinski definition) is 2. The Morgan fingerprint density at radius 1 is 1.23 bits per heavy atom. The molecule has 8 heteroatoms. The molecule has 0 aromatic carbocycles. The SMILES string of the molecule is CCC(CC)O[C@@H]1C=C(C(=O)OC(C)OC(C)=O)C[C@H](N)[C@H]1NC(C)=O. The molecule has 1 aliphatic rings. The number of hydrogen-bond acceptors (Lipinski definition) is 7. The molecule has 0 spiro atoms. The van der Waals surface area contributed by atoms with Crippen LogP contribution in [0.3, 0.4) is 0 Å². The maximum absolute atomic E-state index is 12.4. The number of nitrogens with two attached hydrogens (primary N) is 1. The summed E-state index contributed by atoms with van der Waals surface area (Å²) in [5, 5.41) is 2.81. The van der Waals surface area contributed by atoms with Gasteiger partial charge in [-0.05, 0) is 25.3 Å². The van der Waals surface area contributed by atoms with Gasteiger partial charge in [-0.25, -0.2) is 4.79 Å². The molecule has 0 aliphatic heterocycles. The molecule has 148 valence electrons. The molecule has 0 bridgehead atoms. The van der Waals surface area contributed by atoms with Crippen molar-refractivity contribution in [3.05, 3.63) is 11.6 Å². The van der Waals surface area contributed by atoms with Crippen LogP contribution in [0.2, 0.25) is 0 Å². The van der Waals surface area contributed by atoms with E-state index in [1.54, 1.807) is 6.08 Å². The van der Waals surface area contributed by atoms with Crippen LogP contribution in [-0.2, 0) is 28.6 Å². The Labute approximate surface area is 154 Å². The maximum Gasteiger partial charge on any atom is 0.336 e. The number of carbonyl (C=O) groups excluding carboxylic acids is 3. The summed E-state index contributed by atoms with van der Waals surface area (Å²) in [6.45, 7) is 8.11. The van der Waals surface area contributed by atoms with E-state index < -0.39 is 36.4 Å². The van der Waals surface area contributed by atoms with Gasteiger partial charge in [-0.1, -0.05) is 13.8 Å². The molecular formula is C18H30N2O6. The van der Waals surface area contributed by atoms with Gasteiger partial charge < -0.3 is 25.3 Å². The lowest BCUT2D eigenvalue weighted by atomic mass is 9.88. The first-order chi connectivity index (χ1) is 12.2. The minimum atomic E-state index is -0.997. The summed E-state index contributed by atoms with van der Waals surface area (Å²) in [5.74, 6) is -1.37. The van der Waals surface area contributed by atoms with Crippen LogP contribution in [0.1, 0.15) is 53.9 Å². The summed E-state index contributed by atoms with van der Waals surface area (Å²) >= 11 is 0. The Hall–Kier alpha value is -1.93. The highest BCUT2D eigenvalue weighted by molar-refractivity contribution is 5.89. The zero-order valence-corrected chi connectivity index (χ0v) is 16.1. The highest BCUT2D eigenvalue weighted by atomic mass is 16.7. The number of amides is 1. The van der Waals surface area contributed by atoms with Crippen LogP contribution < -0.4 is 11.1 Å². The zero-order chi connectivity index (χ0) is 19.9. The van der Waals surface area contributed by atoms with Crippen LogP contribution in [0.15, 0.2) is 11.6 Å². The third kappa shape index (κ3) is 6.76. The lowest BCUT2D eigenvalue weighted by molar-refractivity contribution is -0.180. The van der Waals surface area contributed by atoms with Crippen molar-refractivity contribution < 1.29 is 28.6 Å². The fourth-order valence-electron chi connectivity index (χ4n) is 2.88. The maximum atomic E-state index is 12.4. The number of carbonyl (C=O) groups is 3. The molecule has 0 aromatic heterocycles. The minimum absolute atomic E-state index is 0.0185. The number of rotatable bonds is 8. The quantitative estimate of drug-likeness (QED) is 0.486. The average Bonchev–Trinajstić information content (AvgIpc) is 2.53. The summed E-state index contributed by atoms with van der Waals surface area (Å²) in [6, 6.07) is -0.939. The summed E-state index contributed by atoms with van der Waals surface area (Å²) in [5.41, 5.74) is 6.53. The molecule has 1 unspecified atom stereocenters. The van der Waals surface area contributed by atoms with Crippen molar-refractivity contribution in [1.82, 2.24) is 5.32 Å². The summed E-state index contributed by atoms with van der Waals surface area (Å²) in [4.78, 5) is 34.8. The second-order valence-corrected chi connectivity index (χ2v) is 6.41. The minimum Gasteiger partial charge on any atom is -0.426 e. The van der Waals surface area contributed by atoms with Gasteiger partial charge in [0.1, 0.15) is 0 Å². The molecule has 0 fully saturated rings. The molecule has 0 heterocycles. The molecule has 0 saturated carbocycles. The van der Waals surface area contributed by atoms with Crippen LogP contribution in [0.4, 0.5) is 0 Å². The standard InChI is InChI=1S/C18H30N2O6/c1-6-14(7-2)26-16-9-13(8-15(19)17(16)20-10(3)21)18(23)25-12(5)24-11(4)22/h9,12,14-17H,6-8,19H2,1-5H3,(H,20,21)/t12?,15-,16+,17+/m0/s1. The lowest BCUT2D eigenvalue weighted by Crippen LogP contribution is -2.57. The van der Waals surface area contributed by atoms with E-state index >= 15 is 0 Å². The highest BCUT2D eigenvalue weighted by Crippen LogP contribution is 2.24. The summed E-state index contributed by atoms with van der Waals surface area (Å²) in [6.07, 6.45) is 1.90. The predicted molar refractivity (Wildman–Crippen MR) is 94.8 cm³/mol. The van der Waals surface area contributed by atoms with E-state index in [2.05, 4.69) is 5.32 Å². The van der Waals surface area contributed by atoms with Crippen molar-refractivity contribution in [3.8, 4) is 0 Å². The number of ether oxygens (including phenoxy) is 3. The van der Waals surface area contributed by atoms with E-state index in [-0.39, 0.29) is 18.4 Å². The van der Waals surface area contributed by atoms with E-state index in [4.69, 9.17) is 19.9 Å². The van der Waals surface area contributed by atoms with Crippen molar-refractivity contribution >= 4 is 17.8 Å². The molecule has 1 rings (SSSR count). The number of esters is 2. The third-order valence-corrected chi connectivity index (χ3v) is 4.13. The average molecular weight is 370 g/mol. The van der Waals surface area contributed by atoms with Crippen LogP contribution in [0.5, 0.6) is 0 Å². The summed E-state index contributed by atoms with van der Waals surface area (Å²) < 4.78 is 16.0. The molecule has 4 atom stereocenters. The largest absolute Gasteiger partial charge is 0.426 e. The highest BCUT2D eigenvalue weighted by Gasteiger charge is 2.36. The van der Waals surface area contributed by atoms with Gasteiger partial charge in [-0.15, -0.1) is 0 Å². The van der Waals surface area contributed by atoms with Gasteiger partial charge in [-0.2, -0.15) is 0 Å². The smallest absolute Gasteiger partial charge is 0.336 e. The normalized spacial score (nSPS) is 23.8. The molecule has 1 amide bonds. The second-order valence-electron chi connectivity index (χ2n) is 6.41. The van der Waals surface area contributed by atoms with E-state index in [0.29, 0.717) is 5.57 Å². The Bertz CT molecular complexity index is 544. The first kappa shape index (κ1) is 22.1. The monoisotopic (exact) mass is 370 g/mol. The van der Waals surface area contributed by atoms with Crippen molar-refractivity contribution in [2.24, 2.45) is 5.73 Å². The van der Waals surface area contributed by atoms with E-state index in [1.807, 2.05) is 13.8 Å². The molecular weight excluding hydrogens is 340 g/mol. The van der Waals surface area contributed by atoms with Gasteiger partial charge in [-0.3, -0.25) is 9.59 Å². The van der Waals surface area contributed by atoms with Crippen molar-refractivity contribution in [2.45, 2.75) is 84.5 Å². The van der Waals surface area contributed by atoms with Gasteiger partial charge in [0.25, 0.3) is 0 Å². The molecule has 8 nitrogen and oxygen atoms in total. The Morgan fingerprint density at radius 3 is 2.35 bits per heavy atom. The van der Waals surface area contributed by atoms with Gasteiger partial charge >= 0.3 is 11.9 Å². The first-order valence-corrected chi connectivity index (χ1v) is 8.94. The molecule has 3 N–H and O–H groups in total. The van der Waals surface area contributed by atoms with Gasteiger partial charge in [0, 0.05) is 32.4 Å². The van der Waals surface area contributed by atoms with Gasteiger partial charge in [0.05, 0.1) is 18.2 Å². The topological polar surface area (TPSA) is 117 Å². The van der Waals surface area contributed by atoms with Crippen molar-refractivity contribution in [1.29, 1.82) is 0 Å². The Balaban J connectivity index is 2.97. The van der Waals surface area contributed by atoms with Gasteiger partial charge in [0.2, 0.25) is 12.2 Å². The lowest BCUT2D eigenvalue weighted by Gasteiger charge is -2.36. The molecule has 0 aromatic rings. The zero-order valence-electron chi connectivity index (χ0n) is 16.1. The van der Waals surface area contributed by atoms with E-state index in [9.17, 15) is 14.4 Å². The molecule has 26 heavy (non-hydrogen) atoms. The number of nitrogens with one attached hydrogen (secondary N) is 1. The Kier molecular flexibility index (Phi) is 8.74. The van der Waals surface area contributed by atoms with Crippen LogP contribution >= 0.6 is 0 Å². The van der Waals surface area contributed by atoms with Crippen LogP contribution in [0, 0.1) is 0 Å². The Morgan fingerprint density at radius 2 is 1.85 bits per heavy atom. The summed E-state index contributed by atoms with van der Waals surface area (Å²) in [7, 11) is 0. The molecule has 1 aliphatic carbocycles. The second kappa shape index (κ2) is 10.3. The van der Waals surface area contributed by atoms with Crippen LogP contribution in [0.25, 0.3) is 0 Å². The fraction of sp³-hybridized carbons (Fsp3) is 0.722. The predicted octanol–water partition coefficient (Wildman–Crippen LogP) is 1.17. The van der Waals surface area contributed by atoms with Crippen molar-refractivity contribution in [2.75, 3.05) is 0 Å². The molecule has 0 saturated heterocycles. The van der Waals surface area contributed by atoms with E-state index in [1.165, 1.54) is 20.8 Å². The third-order valence-electron chi connectivity index (χ3n) is 4.13.